The third kappa shape index (κ3) is 4.46. The first-order chi connectivity index (χ1) is 9.17. The molecule has 2 rings (SSSR count). The fraction of sp³-hybridized carbons (Fsp3) is 0.733. The molecule has 1 heterocycles. The lowest BCUT2D eigenvalue weighted by molar-refractivity contribution is 0.0962. The van der Waals surface area contributed by atoms with Crippen LogP contribution in [-0.4, -0.2) is 22.6 Å². The van der Waals surface area contributed by atoms with Gasteiger partial charge in [-0.1, -0.05) is 20.8 Å². The smallest absolute Gasteiger partial charge is 0.232 e. The van der Waals surface area contributed by atoms with E-state index in [0.29, 0.717) is 12.0 Å². The van der Waals surface area contributed by atoms with Gasteiger partial charge in [-0.15, -0.1) is 0 Å². The minimum absolute atomic E-state index is 0.299. The van der Waals surface area contributed by atoms with Crippen LogP contribution in [0.3, 0.4) is 0 Å². The van der Waals surface area contributed by atoms with Crippen LogP contribution >= 0.6 is 0 Å². The second-order valence-corrected chi connectivity index (χ2v) is 5.78. The Labute approximate surface area is 116 Å². The maximum absolute atomic E-state index is 5.96. The fourth-order valence-electron chi connectivity index (χ4n) is 2.89. The largest absolute Gasteiger partial charge is 0.473 e. The summed E-state index contributed by atoms with van der Waals surface area (Å²) in [4.78, 5) is 8.72. The lowest BCUT2D eigenvalue weighted by atomic mass is 9.82. The fourth-order valence-corrected chi connectivity index (χ4v) is 2.89. The van der Waals surface area contributed by atoms with E-state index < -0.39 is 0 Å². The van der Waals surface area contributed by atoms with Gasteiger partial charge in [-0.3, -0.25) is 4.98 Å². The van der Waals surface area contributed by atoms with Crippen molar-refractivity contribution in [3.05, 3.63) is 18.1 Å². The van der Waals surface area contributed by atoms with Gasteiger partial charge in [0.05, 0.1) is 18.1 Å². The van der Waals surface area contributed by atoms with E-state index >= 15 is 0 Å². The molecule has 2 atom stereocenters. The van der Waals surface area contributed by atoms with Crippen LogP contribution in [0, 0.1) is 11.8 Å². The number of hydrogen-bond donors (Lipinski definition) is 1. The van der Waals surface area contributed by atoms with Crippen molar-refractivity contribution >= 4 is 0 Å². The van der Waals surface area contributed by atoms with Crippen LogP contribution in [0.1, 0.15) is 45.7 Å². The average molecular weight is 263 g/mol. The highest BCUT2D eigenvalue weighted by Crippen LogP contribution is 2.30. The third-order valence-electron chi connectivity index (χ3n) is 3.66. The maximum Gasteiger partial charge on any atom is 0.232 e. The first-order valence-electron chi connectivity index (χ1n) is 7.35. The van der Waals surface area contributed by atoms with E-state index in [-0.39, 0.29) is 0 Å². The molecule has 106 valence electrons. The lowest BCUT2D eigenvalue weighted by Crippen LogP contribution is -2.28. The summed E-state index contributed by atoms with van der Waals surface area (Å²) < 4.78 is 5.96. The van der Waals surface area contributed by atoms with Crippen molar-refractivity contribution < 1.29 is 4.74 Å². The second-order valence-electron chi connectivity index (χ2n) is 5.78. The van der Waals surface area contributed by atoms with Crippen molar-refractivity contribution in [1.82, 2.24) is 15.3 Å². The Kier molecular flexibility index (Phi) is 5.14. The number of aromatic nitrogens is 2. The molecule has 0 aromatic carbocycles. The molecule has 1 saturated carbocycles. The molecule has 0 aliphatic heterocycles. The second kappa shape index (κ2) is 6.85. The zero-order chi connectivity index (χ0) is 13.7. The molecule has 0 spiro atoms. The number of ether oxygens (including phenoxy) is 1. The number of nitrogens with one attached hydrogen (secondary N) is 1. The Morgan fingerprint density at radius 1 is 1.16 bits per heavy atom. The van der Waals surface area contributed by atoms with Crippen LogP contribution in [0.2, 0.25) is 0 Å². The molecule has 19 heavy (non-hydrogen) atoms. The van der Waals surface area contributed by atoms with Gasteiger partial charge in [0.15, 0.2) is 0 Å². The molecule has 0 bridgehead atoms. The van der Waals surface area contributed by atoms with E-state index in [1.165, 1.54) is 6.42 Å². The summed E-state index contributed by atoms with van der Waals surface area (Å²) in [6, 6.07) is 0. The number of hydrogen-bond acceptors (Lipinski definition) is 4. The maximum atomic E-state index is 5.96. The normalized spacial score (nSPS) is 27.2. The van der Waals surface area contributed by atoms with Crippen LogP contribution in [-0.2, 0) is 6.54 Å². The van der Waals surface area contributed by atoms with E-state index in [2.05, 4.69) is 36.1 Å². The van der Waals surface area contributed by atoms with Gasteiger partial charge in [-0.25, -0.2) is 4.98 Å². The highest BCUT2D eigenvalue weighted by atomic mass is 16.5. The molecule has 1 aliphatic carbocycles. The standard InChI is InChI=1S/C15H25N3O/c1-4-16-8-13-9-18-15(10-17-13)19-14-6-11(2)5-12(3)7-14/h9-12,14,16H,4-8H2,1-3H3. The summed E-state index contributed by atoms with van der Waals surface area (Å²) in [6.45, 7) is 8.39. The molecule has 1 aromatic rings. The predicted octanol–water partition coefficient (Wildman–Crippen LogP) is 2.79. The molecule has 1 fully saturated rings. The quantitative estimate of drug-likeness (QED) is 0.887. The minimum atomic E-state index is 0.299. The molecule has 4 nitrogen and oxygen atoms in total. The summed E-state index contributed by atoms with van der Waals surface area (Å²) in [5.41, 5.74) is 0.958. The van der Waals surface area contributed by atoms with E-state index in [1.807, 2.05) is 0 Å². The monoisotopic (exact) mass is 263 g/mol. The zero-order valence-corrected chi connectivity index (χ0v) is 12.2. The summed E-state index contributed by atoms with van der Waals surface area (Å²) in [6.07, 6.45) is 7.42. The molecule has 0 radical (unpaired) electrons. The summed E-state index contributed by atoms with van der Waals surface area (Å²) >= 11 is 0. The Balaban J connectivity index is 1.88. The van der Waals surface area contributed by atoms with Gasteiger partial charge in [-0.2, -0.15) is 0 Å². The van der Waals surface area contributed by atoms with E-state index in [9.17, 15) is 0 Å². The first kappa shape index (κ1) is 14.3. The topological polar surface area (TPSA) is 47.0 Å². The Morgan fingerprint density at radius 2 is 1.89 bits per heavy atom. The summed E-state index contributed by atoms with van der Waals surface area (Å²) in [7, 11) is 0. The molecule has 4 heteroatoms. The van der Waals surface area contributed by atoms with Crippen LogP contribution in [0.5, 0.6) is 5.88 Å². The van der Waals surface area contributed by atoms with Crippen molar-refractivity contribution in [2.45, 2.75) is 52.7 Å². The average Bonchev–Trinajstić information content (AvgIpc) is 2.37. The zero-order valence-electron chi connectivity index (χ0n) is 12.2. The third-order valence-corrected chi connectivity index (χ3v) is 3.66. The first-order valence-corrected chi connectivity index (χ1v) is 7.35. The molecule has 0 saturated heterocycles. The molecule has 2 unspecified atom stereocenters. The Hall–Kier alpha value is -1.16. The Morgan fingerprint density at radius 3 is 2.47 bits per heavy atom. The van der Waals surface area contributed by atoms with Crippen LogP contribution in [0.4, 0.5) is 0 Å². The van der Waals surface area contributed by atoms with E-state index in [0.717, 1.165) is 43.5 Å². The van der Waals surface area contributed by atoms with Gasteiger partial charge >= 0.3 is 0 Å². The summed E-state index contributed by atoms with van der Waals surface area (Å²) in [5, 5.41) is 3.23. The number of nitrogens with zero attached hydrogens (tertiary/aromatic N) is 2. The van der Waals surface area contributed by atoms with Crippen LogP contribution in [0.25, 0.3) is 0 Å². The van der Waals surface area contributed by atoms with E-state index in [4.69, 9.17) is 4.74 Å². The van der Waals surface area contributed by atoms with Gasteiger partial charge in [0.2, 0.25) is 5.88 Å². The molecule has 1 aliphatic rings. The van der Waals surface area contributed by atoms with Gasteiger partial charge in [-0.05, 0) is 37.6 Å². The molecule has 0 amide bonds. The predicted molar refractivity (Wildman–Crippen MR) is 76.0 cm³/mol. The van der Waals surface area contributed by atoms with Crippen molar-refractivity contribution in [3.8, 4) is 5.88 Å². The SMILES string of the molecule is CCNCc1cnc(OC2CC(C)CC(C)C2)cn1. The van der Waals surface area contributed by atoms with Crippen molar-refractivity contribution in [2.24, 2.45) is 11.8 Å². The van der Waals surface area contributed by atoms with Crippen molar-refractivity contribution in [2.75, 3.05) is 6.54 Å². The van der Waals surface area contributed by atoms with Crippen molar-refractivity contribution in [3.63, 3.8) is 0 Å². The lowest BCUT2D eigenvalue weighted by Gasteiger charge is -2.31. The van der Waals surface area contributed by atoms with Crippen LogP contribution in [0.15, 0.2) is 12.4 Å². The molecule has 1 N–H and O–H groups in total. The van der Waals surface area contributed by atoms with Gasteiger partial charge in [0, 0.05) is 6.54 Å². The molecular formula is C15H25N3O. The van der Waals surface area contributed by atoms with Gasteiger partial charge in [0.1, 0.15) is 6.10 Å². The van der Waals surface area contributed by atoms with Gasteiger partial charge < -0.3 is 10.1 Å². The van der Waals surface area contributed by atoms with Crippen molar-refractivity contribution in [1.29, 1.82) is 0 Å². The highest BCUT2D eigenvalue weighted by Gasteiger charge is 2.25. The molecular weight excluding hydrogens is 238 g/mol. The molecule has 1 aromatic heterocycles. The van der Waals surface area contributed by atoms with E-state index in [1.54, 1.807) is 12.4 Å². The van der Waals surface area contributed by atoms with Crippen LogP contribution < -0.4 is 10.1 Å². The Bertz CT molecular complexity index is 369. The number of rotatable bonds is 5. The summed E-state index contributed by atoms with van der Waals surface area (Å²) in [5.74, 6) is 2.15. The highest BCUT2D eigenvalue weighted by molar-refractivity contribution is 5.07. The minimum Gasteiger partial charge on any atom is -0.473 e. The van der Waals surface area contributed by atoms with Gasteiger partial charge in [0.25, 0.3) is 0 Å².